The largest absolute Gasteiger partial charge is 0.377 e. The smallest absolute Gasteiger partial charge is 0.146 e. The molecule has 0 aliphatic rings. The van der Waals surface area contributed by atoms with Gasteiger partial charge in [-0.25, -0.2) is 4.39 Å². The molecule has 2 N–H and O–H groups in total. The summed E-state index contributed by atoms with van der Waals surface area (Å²) < 4.78 is 13.3. The van der Waals surface area contributed by atoms with Crippen LogP contribution in [0, 0.1) is 12.7 Å². The third-order valence-electron chi connectivity index (χ3n) is 2.15. The van der Waals surface area contributed by atoms with Crippen LogP contribution in [0.1, 0.15) is 11.3 Å². The second-order valence-electron chi connectivity index (χ2n) is 3.42. The molecule has 1 aromatic carbocycles. The number of rotatable bonds is 3. The van der Waals surface area contributed by atoms with Crippen LogP contribution in [0.15, 0.2) is 30.5 Å². The summed E-state index contributed by atoms with van der Waals surface area (Å²) in [7, 11) is 0. The van der Waals surface area contributed by atoms with E-state index in [1.54, 1.807) is 18.3 Å². The zero-order valence-corrected chi connectivity index (χ0v) is 8.42. The number of aromatic amines is 1. The van der Waals surface area contributed by atoms with Gasteiger partial charge in [0.05, 0.1) is 17.9 Å². The first kappa shape index (κ1) is 9.71. The third kappa shape index (κ3) is 2.34. The standard InChI is InChI=1S/C11H12FN3/c1-8-2-3-10(12)11(6-8)13-7-9-4-5-14-15-9/h2-6,13H,7H2,1H3,(H,14,15). The van der Waals surface area contributed by atoms with Gasteiger partial charge in [0.25, 0.3) is 0 Å². The summed E-state index contributed by atoms with van der Waals surface area (Å²) in [4.78, 5) is 0. The minimum Gasteiger partial charge on any atom is -0.377 e. The van der Waals surface area contributed by atoms with Crippen molar-refractivity contribution in [3.63, 3.8) is 0 Å². The van der Waals surface area contributed by atoms with Crippen molar-refractivity contribution in [1.82, 2.24) is 10.2 Å². The van der Waals surface area contributed by atoms with Crippen LogP contribution in [-0.2, 0) is 6.54 Å². The highest BCUT2D eigenvalue weighted by molar-refractivity contribution is 5.47. The number of nitrogens with one attached hydrogen (secondary N) is 2. The highest BCUT2D eigenvalue weighted by Crippen LogP contribution is 2.16. The fourth-order valence-corrected chi connectivity index (χ4v) is 1.35. The number of halogens is 1. The predicted octanol–water partition coefficient (Wildman–Crippen LogP) is 2.47. The van der Waals surface area contributed by atoms with Gasteiger partial charge < -0.3 is 5.32 Å². The molecular formula is C11H12FN3. The quantitative estimate of drug-likeness (QED) is 0.808. The van der Waals surface area contributed by atoms with Gasteiger partial charge in [0.1, 0.15) is 5.82 Å². The van der Waals surface area contributed by atoms with Crippen molar-refractivity contribution in [3.8, 4) is 0 Å². The minimum absolute atomic E-state index is 0.236. The summed E-state index contributed by atoms with van der Waals surface area (Å²) in [5, 5.41) is 9.63. The number of hydrogen-bond donors (Lipinski definition) is 2. The Kier molecular flexibility index (Phi) is 2.67. The molecule has 0 saturated carbocycles. The van der Waals surface area contributed by atoms with Gasteiger partial charge in [0, 0.05) is 6.20 Å². The number of aryl methyl sites for hydroxylation is 1. The van der Waals surface area contributed by atoms with Gasteiger partial charge in [-0.05, 0) is 30.7 Å². The zero-order chi connectivity index (χ0) is 10.7. The van der Waals surface area contributed by atoms with E-state index in [0.717, 1.165) is 11.3 Å². The van der Waals surface area contributed by atoms with Crippen LogP contribution >= 0.6 is 0 Å². The first-order valence-electron chi connectivity index (χ1n) is 4.74. The van der Waals surface area contributed by atoms with E-state index in [4.69, 9.17) is 0 Å². The topological polar surface area (TPSA) is 40.7 Å². The number of H-pyrrole nitrogens is 1. The first-order valence-corrected chi connectivity index (χ1v) is 4.74. The van der Waals surface area contributed by atoms with Crippen LogP contribution in [0.5, 0.6) is 0 Å². The normalized spacial score (nSPS) is 10.3. The van der Waals surface area contributed by atoms with Crippen molar-refractivity contribution in [2.24, 2.45) is 0 Å². The second kappa shape index (κ2) is 4.13. The highest BCUT2D eigenvalue weighted by Gasteiger charge is 2.01. The van der Waals surface area contributed by atoms with Gasteiger partial charge in [-0.1, -0.05) is 6.07 Å². The molecule has 78 valence electrons. The predicted molar refractivity (Wildman–Crippen MR) is 57.1 cm³/mol. The van der Waals surface area contributed by atoms with Gasteiger partial charge in [0.2, 0.25) is 0 Å². The third-order valence-corrected chi connectivity index (χ3v) is 2.15. The zero-order valence-electron chi connectivity index (χ0n) is 8.42. The van der Waals surface area contributed by atoms with Crippen molar-refractivity contribution < 1.29 is 4.39 Å². The molecule has 0 unspecified atom stereocenters. The van der Waals surface area contributed by atoms with Crippen molar-refractivity contribution in [1.29, 1.82) is 0 Å². The van der Waals surface area contributed by atoms with E-state index in [1.165, 1.54) is 6.07 Å². The van der Waals surface area contributed by atoms with Crippen molar-refractivity contribution in [2.75, 3.05) is 5.32 Å². The Balaban J connectivity index is 2.07. The van der Waals surface area contributed by atoms with Crippen LogP contribution in [-0.4, -0.2) is 10.2 Å². The summed E-state index contributed by atoms with van der Waals surface area (Å²) in [5.41, 5.74) is 2.48. The summed E-state index contributed by atoms with van der Waals surface area (Å²) in [5.74, 6) is -0.236. The maximum atomic E-state index is 13.3. The lowest BCUT2D eigenvalue weighted by atomic mass is 10.2. The lowest BCUT2D eigenvalue weighted by Gasteiger charge is -2.06. The number of anilines is 1. The Labute approximate surface area is 87.3 Å². The van der Waals surface area contributed by atoms with Crippen LogP contribution in [0.2, 0.25) is 0 Å². The Morgan fingerprint density at radius 3 is 3.00 bits per heavy atom. The molecule has 0 spiro atoms. The molecule has 0 radical (unpaired) electrons. The molecule has 0 amide bonds. The molecule has 2 aromatic rings. The fourth-order valence-electron chi connectivity index (χ4n) is 1.35. The van der Waals surface area contributed by atoms with E-state index in [9.17, 15) is 4.39 Å². The molecule has 15 heavy (non-hydrogen) atoms. The molecule has 0 aliphatic carbocycles. The Bertz CT molecular complexity index is 437. The summed E-state index contributed by atoms with van der Waals surface area (Å²) in [6.45, 7) is 2.47. The highest BCUT2D eigenvalue weighted by atomic mass is 19.1. The molecule has 4 heteroatoms. The summed E-state index contributed by atoms with van der Waals surface area (Å²) in [6, 6.07) is 6.84. The molecule has 1 aromatic heterocycles. The molecule has 1 heterocycles. The molecular weight excluding hydrogens is 193 g/mol. The van der Waals surface area contributed by atoms with Crippen molar-refractivity contribution in [3.05, 3.63) is 47.5 Å². The van der Waals surface area contributed by atoms with Crippen LogP contribution < -0.4 is 5.32 Å². The number of nitrogens with zero attached hydrogens (tertiary/aromatic N) is 1. The van der Waals surface area contributed by atoms with Crippen molar-refractivity contribution in [2.45, 2.75) is 13.5 Å². The van der Waals surface area contributed by atoms with E-state index in [1.807, 2.05) is 13.0 Å². The van der Waals surface area contributed by atoms with E-state index in [-0.39, 0.29) is 5.82 Å². The second-order valence-corrected chi connectivity index (χ2v) is 3.42. The maximum Gasteiger partial charge on any atom is 0.146 e. The fraction of sp³-hybridized carbons (Fsp3) is 0.182. The average molecular weight is 205 g/mol. The van der Waals surface area contributed by atoms with E-state index >= 15 is 0 Å². The van der Waals surface area contributed by atoms with Crippen LogP contribution in [0.3, 0.4) is 0 Å². The molecule has 0 saturated heterocycles. The molecule has 0 atom stereocenters. The van der Waals surface area contributed by atoms with Crippen LogP contribution in [0.4, 0.5) is 10.1 Å². The Morgan fingerprint density at radius 1 is 1.40 bits per heavy atom. The van der Waals surface area contributed by atoms with Gasteiger partial charge in [-0.15, -0.1) is 0 Å². The number of benzene rings is 1. The molecule has 0 aliphatic heterocycles. The lowest BCUT2D eigenvalue weighted by Crippen LogP contribution is -2.02. The molecule has 0 fully saturated rings. The SMILES string of the molecule is Cc1ccc(F)c(NCc2ccn[nH]2)c1. The average Bonchev–Trinajstić information content (AvgIpc) is 2.72. The number of hydrogen-bond acceptors (Lipinski definition) is 2. The first-order chi connectivity index (χ1) is 7.25. The molecule has 3 nitrogen and oxygen atoms in total. The van der Waals surface area contributed by atoms with Crippen molar-refractivity contribution >= 4 is 5.69 Å². The lowest BCUT2D eigenvalue weighted by molar-refractivity contribution is 0.629. The minimum atomic E-state index is -0.236. The van der Waals surface area contributed by atoms with E-state index in [0.29, 0.717) is 12.2 Å². The van der Waals surface area contributed by atoms with Gasteiger partial charge in [-0.3, -0.25) is 5.10 Å². The van der Waals surface area contributed by atoms with E-state index in [2.05, 4.69) is 15.5 Å². The van der Waals surface area contributed by atoms with Gasteiger partial charge >= 0.3 is 0 Å². The van der Waals surface area contributed by atoms with Crippen LogP contribution in [0.25, 0.3) is 0 Å². The maximum absolute atomic E-state index is 13.3. The Hall–Kier alpha value is -1.84. The summed E-state index contributed by atoms with van der Waals surface area (Å²) in [6.07, 6.45) is 1.67. The Morgan fingerprint density at radius 2 is 2.27 bits per heavy atom. The summed E-state index contributed by atoms with van der Waals surface area (Å²) >= 11 is 0. The molecule has 2 rings (SSSR count). The van der Waals surface area contributed by atoms with Gasteiger partial charge in [-0.2, -0.15) is 5.10 Å². The monoisotopic (exact) mass is 205 g/mol. The van der Waals surface area contributed by atoms with E-state index < -0.39 is 0 Å². The number of aromatic nitrogens is 2. The van der Waals surface area contributed by atoms with Gasteiger partial charge in [0.15, 0.2) is 0 Å². The molecule has 0 bridgehead atoms.